The molecular formula is C5H10N2O3S. The van der Waals surface area contributed by atoms with Crippen LogP contribution in [0, 0.1) is 0 Å². The molecule has 0 rings (SSSR count). The van der Waals surface area contributed by atoms with Crippen LogP contribution in [0.3, 0.4) is 0 Å². The van der Waals surface area contributed by atoms with E-state index in [1.54, 1.807) is 0 Å². The van der Waals surface area contributed by atoms with Crippen molar-refractivity contribution in [3.63, 3.8) is 0 Å². The van der Waals surface area contributed by atoms with E-state index >= 15 is 0 Å². The number of primary amides is 1. The minimum atomic E-state index is -1.03. The van der Waals surface area contributed by atoms with Gasteiger partial charge in [0.05, 0.1) is 12.6 Å². The van der Waals surface area contributed by atoms with Gasteiger partial charge in [-0.3, -0.25) is 14.9 Å². The third kappa shape index (κ3) is 4.63. The second-order valence-electron chi connectivity index (χ2n) is 1.91. The molecular weight excluding hydrogens is 168 g/mol. The van der Waals surface area contributed by atoms with Crippen LogP contribution >= 0.6 is 12.6 Å². The van der Waals surface area contributed by atoms with E-state index < -0.39 is 17.9 Å². The molecule has 0 saturated heterocycles. The standard InChI is InChI=1S/C5H10N2O3S/c6-5(10)3(2-11)7-1-4(8)9/h3,7,11H,1-2H2,(H2,6,10)(H,8,9). The Labute approximate surface area is 69.4 Å². The first-order valence-electron chi connectivity index (χ1n) is 2.93. The molecule has 0 bridgehead atoms. The van der Waals surface area contributed by atoms with Crippen LogP contribution in [0.1, 0.15) is 0 Å². The van der Waals surface area contributed by atoms with E-state index in [1.165, 1.54) is 0 Å². The molecule has 0 saturated carbocycles. The van der Waals surface area contributed by atoms with Crippen LogP contribution in [-0.4, -0.2) is 35.3 Å². The lowest BCUT2D eigenvalue weighted by molar-refractivity contribution is -0.136. The maximum absolute atomic E-state index is 10.5. The minimum Gasteiger partial charge on any atom is -0.480 e. The van der Waals surface area contributed by atoms with Gasteiger partial charge in [-0.2, -0.15) is 12.6 Å². The molecule has 0 spiro atoms. The summed E-state index contributed by atoms with van der Waals surface area (Å²) in [4.78, 5) is 20.5. The van der Waals surface area contributed by atoms with Crippen molar-refractivity contribution >= 4 is 24.5 Å². The smallest absolute Gasteiger partial charge is 0.317 e. The first kappa shape index (κ1) is 10.2. The van der Waals surface area contributed by atoms with E-state index in [-0.39, 0.29) is 12.3 Å². The Kier molecular flexibility index (Phi) is 4.64. The van der Waals surface area contributed by atoms with E-state index in [1.807, 2.05) is 0 Å². The van der Waals surface area contributed by atoms with Crippen LogP contribution in [0.2, 0.25) is 0 Å². The van der Waals surface area contributed by atoms with Crippen molar-refractivity contribution in [2.45, 2.75) is 6.04 Å². The minimum absolute atomic E-state index is 0.197. The van der Waals surface area contributed by atoms with Crippen LogP contribution in [0.4, 0.5) is 0 Å². The molecule has 0 aliphatic carbocycles. The van der Waals surface area contributed by atoms with Crippen LogP contribution in [-0.2, 0) is 9.59 Å². The zero-order valence-corrected chi connectivity index (χ0v) is 6.67. The summed E-state index contributed by atoms with van der Waals surface area (Å²) < 4.78 is 0. The fourth-order valence-corrected chi connectivity index (χ4v) is 0.775. The molecule has 0 aromatic rings. The van der Waals surface area contributed by atoms with Gasteiger partial charge in [0.25, 0.3) is 0 Å². The number of carboxylic acid groups (broad SMARTS) is 1. The van der Waals surface area contributed by atoms with Gasteiger partial charge in [0.2, 0.25) is 5.91 Å². The van der Waals surface area contributed by atoms with Crippen molar-refractivity contribution < 1.29 is 14.7 Å². The van der Waals surface area contributed by atoms with Gasteiger partial charge in [-0.1, -0.05) is 0 Å². The van der Waals surface area contributed by atoms with Crippen molar-refractivity contribution in [2.75, 3.05) is 12.3 Å². The fourth-order valence-electron chi connectivity index (χ4n) is 0.466. The highest BCUT2D eigenvalue weighted by atomic mass is 32.1. The summed E-state index contributed by atoms with van der Waals surface area (Å²) in [5, 5.41) is 10.6. The van der Waals surface area contributed by atoms with Crippen molar-refractivity contribution in [3.05, 3.63) is 0 Å². The number of rotatable bonds is 5. The Morgan fingerprint density at radius 3 is 2.45 bits per heavy atom. The molecule has 6 heteroatoms. The molecule has 0 fully saturated rings. The molecule has 1 unspecified atom stereocenters. The highest BCUT2D eigenvalue weighted by Crippen LogP contribution is 1.85. The van der Waals surface area contributed by atoms with Gasteiger partial charge >= 0.3 is 5.97 Å². The van der Waals surface area contributed by atoms with E-state index in [0.717, 1.165) is 0 Å². The topological polar surface area (TPSA) is 92.4 Å². The molecule has 0 aliphatic rings. The van der Waals surface area contributed by atoms with Crippen LogP contribution in [0.25, 0.3) is 0 Å². The normalized spacial score (nSPS) is 12.5. The quantitative estimate of drug-likeness (QED) is 0.383. The molecule has 0 heterocycles. The highest BCUT2D eigenvalue weighted by molar-refractivity contribution is 7.80. The molecule has 4 N–H and O–H groups in total. The Hall–Kier alpha value is -0.750. The number of aliphatic carboxylic acids is 1. The number of carbonyl (C=O) groups is 2. The zero-order valence-electron chi connectivity index (χ0n) is 5.78. The van der Waals surface area contributed by atoms with Crippen molar-refractivity contribution in [1.82, 2.24) is 5.32 Å². The second-order valence-corrected chi connectivity index (χ2v) is 2.28. The van der Waals surface area contributed by atoms with Crippen LogP contribution < -0.4 is 11.1 Å². The average molecular weight is 178 g/mol. The summed E-state index contributed by atoms with van der Waals surface area (Å²) in [5.74, 6) is -1.43. The van der Waals surface area contributed by atoms with Gasteiger partial charge in [0, 0.05) is 5.75 Å². The zero-order chi connectivity index (χ0) is 8.85. The van der Waals surface area contributed by atoms with Gasteiger partial charge in [0.15, 0.2) is 0 Å². The summed E-state index contributed by atoms with van der Waals surface area (Å²) in [7, 11) is 0. The van der Waals surface area contributed by atoms with Gasteiger partial charge in [-0.15, -0.1) is 0 Å². The van der Waals surface area contributed by atoms with Crippen molar-refractivity contribution in [1.29, 1.82) is 0 Å². The predicted octanol–water partition coefficient (Wildman–Crippen LogP) is -1.56. The number of carboxylic acids is 1. The van der Waals surface area contributed by atoms with Gasteiger partial charge < -0.3 is 10.8 Å². The lowest BCUT2D eigenvalue weighted by Crippen LogP contribution is -2.44. The molecule has 1 atom stereocenters. The Morgan fingerprint density at radius 1 is 1.64 bits per heavy atom. The van der Waals surface area contributed by atoms with E-state index in [2.05, 4.69) is 17.9 Å². The number of amides is 1. The summed E-state index contributed by atoms with van der Waals surface area (Å²) in [6.07, 6.45) is 0. The first-order valence-corrected chi connectivity index (χ1v) is 3.56. The molecule has 64 valence electrons. The Balaban J connectivity index is 3.70. The molecule has 0 aromatic carbocycles. The summed E-state index contributed by atoms with van der Waals surface area (Å²) in [6.45, 7) is -0.284. The number of nitrogens with two attached hydrogens (primary N) is 1. The molecule has 0 aliphatic heterocycles. The molecule has 5 nitrogen and oxygen atoms in total. The third-order valence-corrected chi connectivity index (χ3v) is 1.39. The van der Waals surface area contributed by atoms with Gasteiger partial charge in [-0.25, -0.2) is 0 Å². The third-order valence-electron chi connectivity index (χ3n) is 1.03. The number of thiol groups is 1. The van der Waals surface area contributed by atoms with E-state index in [4.69, 9.17) is 10.8 Å². The van der Waals surface area contributed by atoms with Crippen molar-refractivity contribution in [3.8, 4) is 0 Å². The molecule has 11 heavy (non-hydrogen) atoms. The predicted molar refractivity (Wildman–Crippen MR) is 42.5 cm³/mol. The largest absolute Gasteiger partial charge is 0.480 e. The number of hydrogen-bond acceptors (Lipinski definition) is 4. The number of hydrogen-bond donors (Lipinski definition) is 4. The molecule has 1 amide bonds. The van der Waals surface area contributed by atoms with Gasteiger partial charge in [0.1, 0.15) is 0 Å². The monoisotopic (exact) mass is 178 g/mol. The molecule has 0 aromatic heterocycles. The van der Waals surface area contributed by atoms with E-state index in [9.17, 15) is 9.59 Å². The van der Waals surface area contributed by atoms with Crippen LogP contribution in [0.15, 0.2) is 0 Å². The summed E-state index contributed by atoms with van der Waals surface area (Å²) >= 11 is 3.80. The highest BCUT2D eigenvalue weighted by Gasteiger charge is 2.12. The fraction of sp³-hybridized carbons (Fsp3) is 0.600. The number of carbonyl (C=O) groups excluding carboxylic acids is 1. The average Bonchev–Trinajstić information content (AvgIpc) is 1.87. The SMILES string of the molecule is NC(=O)C(CS)NCC(=O)O. The lowest BCUT2D eigenvalue weighted by Gasteiger charge is -2.09. The molecule has 0 radical (unpaired) electrons. The summed E-state index contributed by atoms with van der Waals surface area (Å²) in [6, 6.07) is -0.672. The Bertz CT molecular complexity index is 162. The Morgan fingerprint density at radius 2 is 2.18 bits per heavy atom. The lowest BCUT2D eigenvalue weighted by atomic mass is 10.3. The maximum atomic E-state index is 10.5. The van der Waals surface area contributed by atoms with Crippen LogP contribution in [0.5, 0.6) is 0 Å². The van der Waals surface area contributed by atoms with E-state index in [0.29, 0.717) is 0 Å². The van der Waals surface area contributed by atoms with Gasteiger partial charge in [-0.05, 0) is 0 Å². The second kappa shape index (κ2) is 4.97. The van der Waals surface area contributed by atoms with Crippen molar-refractivity contribution in [2.24, 2.45) is 5.73 Å². The number of nitrogens with one attached hydrogen (secondary N) is 1. The summed E-state index contributed by atoms with van der Waals surface area (Å²) in [5.41, 5.74) is 4.89. The maximum Gasteiger partial charge on any atom is 0.317 e. The first-order chi connectivity index (χ1) is 5.07.